The smallest absolute Gasteiger partial charge is 0.228 e. The van der Waals surface area contributed by atoms with Gasteiger partial charge in [0.1, 0.15) is 5.75 Å². The van der Waals surface area contributed by atoms with E-state index < -0.39 is 0 Å². The Morgan fingerprint density at radius 2 is 1.89 bits per heavy atom. The summed E-state index contributed by atoms with van der Waals surface area (Å²) in [5, 5.41) is 3.34. The Kier molecular flexibility index (Phi) is 7.81. The van der Waals surface area contributed by atoms with Crippen molar-refractivity contribution >= 4 is 23.2 Å². The molecule has 0 bridgehead atoms. The number of carbonyl (C=O) groups excluding carboxylic acids is 2. The molecule has 0 N–H and O–H groups in total. The van der Waals surface area contributed by atoms with E-state index in [1.165, 1.54) is 5.01 Å². The zero-order chi connectivity index (χ0) is 25.2. The monoisotopic (exact) mass is 498 g/mol. The van der Waals surface area contributed by atoms with Gasteiger partial charge in [0.2, 0.25) is 11.8 Å². The Morgan fingerprint density at radius 3 is 2.54 bits per heavy atom. The number of piperidine rings is 1. The third-order valence-corrected chi connectivity index (χ3v) is 8.43. The van der Waals surface area contributed by atoms with Crippen LogP contribution >= 0.6 is 11.3 Å². The Balaban J connectivity index is 1.43. The SMILES string of the molecule is COc1ccc(C2C(C(=O)N3CCCN(Cc4csc(C(C)(C)C)n4)CC3)CCC(=O)N2C)cc1. The van der Waals surface area contributed by atoms with Crippen LogP contribution in [0.15, 0.2) is 29.6 Å². The highest BCUT2D eigenvalue weighted by Crippen LogP contribution is 2.37. The average molecular weight is 499 g/mol. The molecule has 2 amide bonds. The number of ether oxygens (including phenoxy) is 1. The molecule has 2 fully saturated rings. The fraction of sp³-hybridized carbons (Fsp3) is 0.593. The quantitative estimate of drug-likeness (QED) is 0.621. The van der Waals surface area contributed by atoms with Gasteiger partial charge in [0.25, 0.3) is 0 Å². The lowest BCUT2D eigenvalue weighted by atomic mass is 9.83. The molecule has 2 aromatic rings. The fourth-order valence-corrected chi connectivity index (χ4v) is 5.99. The summed E-state index contributed by atoms with van der Waals surface area (Å²) in [6.45, 7) is 10.7. The number of thiazole rings is 1. The topological polar surface area (TPSA) is 66.0 Å². The first-order valence-corrected chi connectivity index (χ1v) is 13.4. The van der Waals surface area contributed by atoms with Gasteiger partial charge in [-0.15, -0.1) is 11.3 Å². The summed E-state index contributed by atoms with van der Waals surface area (Å²) in [5.41, 5.74) is 2.17. The van der Waals surface area contributed by atoms with Gasteiger partial charge >= 0.3 is 0 Å². The van der Waals surface area contributed by atoms with E-state index in [4.69, 9.17) is 9.72 Å². The molecular weight excluding hydrogens is 460 g/mol. The summed E-state index contributed by atoms with van der Waals surface area (Å²) < 4.78 is 5.29. The molecule has 3 heterocycles. The van der Waals surface area contributed by atoms with E-state index in [1.807, 2.05) is 36.2 Å². The van der Waals surface area contributed by atoms with Crippen LogP contribution in [0.2, 0.25) is 0 Å². The summed E-state index contributed by atoms with van der Waals surface area (Å²) in [4.78, 5) is 37.4. The van der Waals surface area contributed by atoms with E-state index >= 15 is 0 Å². The molecule has 7 nitrogen and oxygen atoms in total. The van der Waals surface area contributed by atoms with Crippen LogP contribution in [0.3, 0.4) is 0 Å². The number of carbonyl (C=O) groups is 2. The van der Waals surface area contributed by atoms with Crippen molar-refractivity contribution < 1.29 is 14.3 Å². The summed E-state index contributed by atoms with van der Waals surface area (Å²) >= 11 is 1.73. The maximum atomic E-state index is 13.8. The Morgan fingerprint density at radius 1 is 1.14 bits per heavy atom. The van der Waals surface area contributed by atoms with Crippen molar-refractivity contribution in [1.82, 2.24) is 19.7 Å². The van der Waals surface area contributed by atoms with Gasteiger partial charge in [-0.25, -0.2) is 4.98 Å². The molecule has 2 unspecified atom stereocenters. The number of likely N-dealkylation sites (tertiary alicyclic amines) is 1. The number of nitrogens with zero attached hydrogens (tertiary/aromatic N) is 4. The Labute approximate surface area is 213 Å². The first-order chi connectivity index (χ1) is 16.7. The van der Waals surface area contributed by atoms with Crippen LogP contribution < -0.4 is 4.74 Å². The molecule has 35 heavy (non-hydrogen) atoms. The highest BCUT2D eigenvalue weighted by Gasteiger charge is 2.40. The van der Waals surface area contributed by atoms with Crippen molar-refractivity contribution in [3.63, 3.8) is 0 Å². The number of aromatic nitrogens is 1. The number of hydrogen-bond donors (Lipinski definition) is 0. The minimum Gasteiger partial charge on any atom is -0.497 e. The molecule has 0 aliphatic carbocycles. The predicted molar refractivity (Wildman–Crippen MR) is 139 cm³/mol. The summed E-state index contributed by atoms with van der Waals surface area (Å²) in [6, 6.07) is 7.50. The van der Waals surface area contributed by atoms with Crippen molar-refractivity contribution in [2.75, 3.05) is 40.3 Å². The molecule has 1 aromatic heterocycles. The van der Waals surface area contributed by atoms with E-state index in [-0.39, 0.29) is 29.2 Å². The lowest BCUT2D eigenvalue weighted by Gasteiger charge is -2.40. The molecular formula is C27H38N4O3S. The van der Waals surface area contributed by atoms with Crippen LogP contribution in [0.25, 0.3) is 0 Å². The van der Waals surface area contributed by atoms with Crippen LogP contribution in [0, 0.1) is 5.92 Å². The predicted octanol–water partition coefficient (Wildman–Crippen LogP) is 4.09. The highest BCUT2D eigenvalue weighted by atomic mass is 32.1. The lowest BCUT2D eigenvalue weighted by Crippen LogP contribution is -2.48. The van der Waals surface area contributed by atoms with Crippen LogP contribution in [-0.4, -0.2) is 71.8 Å². The van der Waals surface area contributed by atoms with Crippen LogP contribution in [0.1, 0.15) is 62.3 Å². The first kappa shape index (κ1) is 25.6. The molecule has 2 saturated heterocycles. The summed E-state index contributed by atoms with van der Waals surface area (Å²) in [7, 11) is 3.46. The number of benzene rings is 1. The van der Waals surface area contributed by atoms with Crippen LogP contribution in [0.5, 0.6) is 5.75 Å². The van der Waals surface area contributed by atoms with Crippen molar-refractivity contribution in [3.05, 3.63) is 45.9 Å². The fourth-order valence-electron chi connectivity index (χ4n) is 5.09. The number of amides is 2. The van der Waals surface area contributed by atoms with Gasteiger partial charge in [-0.1, -0.05) is 32.9 Å². The number of rotatable bonds is 5. The molecule has 2 aliphatic rings. The number of hydrogen-bond acceptors (Lipinski definition) is 6. The standard InChI is InChI=1S/C27H38N4O3S/c1-27(2,3)26-28-20(18-35-26)17-30-13-6-14-31(16-15-30)25(33)22-11-12-23(32)29(4)24(22)19-7-9-21(34-5)10-8-19/h7-10,18,22,24H,6,11-17H2,1-5H3. The zero-order valence-electron chi connectivity index (χ0n) is 21.6. The van der Waals surface area contributed by atoms with E-state index in [2.05, 4.69) is 31.1 Å². The molecule has 4 rings (SSSR count). The molecule has 0 spiro atoms. The largest absolute Gasteiger partial charge is 0.497 e. The molecule has 1 aromatic carbocycles. The van der Waals surface area contributed by atoms with Gasteiger partial charge in [0.15, 0.2) is 0 Å². The van der Waals surface area contributed by atoms with E-state index in [1.54, 1.807) is 23.3 Å². The van der Waals surface area contributed by atoms with Crippen molar-refractivity contribution in [3.8, 4) is 5.75 Å². The van der Waals surface area contributed by atoms with Crippen molar-refractivity contribution in [1.29, 1.82) is 0 Å². The van der Waals surface area contributed by atoms with Crippen LogP contribution in [-0.2, 0) is 21.5 Å². The minimum absolute atomic E-state index is 0.0693. The van der Waals surface area contributed by atoms with E-state index in [9.17, 15) is 9.59 Å². The van der Waals surface area contributed by atoms with Crippen molar-refractivity contribution in [2.24, 2.45) is 5.92 Å². The van der Waals surface area contributed by atoms with Gasteiger partial charge in [-0.05, 0) is 30.5 Å². The lowest BCUT2D eigenvalue weighted by molar-refractivity contribution is -0.146. The number of methoxy groups -OCH3 is 1. The minimum atomic E-state index is -0.250. The molecule has 0 radical (unpaired) electrons. The summed E-state index contributed by atoms with van der Waals surface area (Å²) in [6.07, 6.45) is 1.95. The second-order valence-corrected chi connectivity index (χ2v) is 11.6. The van der Waals surface area contributed by atoms with Gasteiger partial charge in [-0.3, -0.25) is 14.5 Å². The Bertz CT molecular complexity index is 1030. The summed E-state index contributed by atoms with van der Waals surface area (Å²) in [5.74, 6) is 0.791. The maximum Gasteiger partial charge on any atom is 0.228 e. The van der Waals surface area contributed by atoms with Gasteiger partial charge in [0, 0.05) is 57.0 Å². The third-order valence-electron chi connectivity index (χ3n) is 7.11. The Hall–Kier alpha value is -2.45. The van der Waals surface area contributed by atoms with E-state index in [0.717, 1.165) is 49.6 Å². The zero-order valence-corrected chi connectivity index (χ0v) is 22.4. The van der Waals surface area contributed by atoms with E-state index in [0.29, 0.717) is 19.4 Å². The second-order valence-electron chi connectivity index (χ2n) is 10.7. The highest BCUT2D eigenvalue weighted by molar-refractivity contribution is 7.09. The molecule has 2 atom stereocenters. The van der Waals surface area contributed by atoms with Gasteiger partial charge in [-0.2, -0.15) is 0 Å². The molecule has 8 heteroatoms. The van der Waals surface area contributed by atoms with Crippen LogP contribution in [0.4, 0.5) is 0 Å². The third kappa shape index (κ3) is 5.86. The molecule has 0 saturated carbocycles. The maximum absolute atomic E-state index is 13.8. The second kappa shape index (κ2) is 10.7. The molecule has 190 valence electrons. The normalized spacial score (nSPS) is 22.3. The first-order valence-electron chi connectivity index (χ1n) is 12.5. The van der Waals surface area contributed by atoms with Gasteiger partial charge < -0.3 is 14.5 Å². The van der Waals surface area contributed by atoms with Gasteiger partial charge in [0.05, 0.1) is 29.8 Å². The molecule has 2 aliphatic heterocycles. The van der Waals surface area contributed by atoms with Crippen molar-refractivity contribution in [2.45, 2.75) is 58.0 Å². The average Bonchev–Trinajstić information content (AvgIpc) is 3.19.